The molecule has 1 aromatic heterocycles. The molecule has 196 valence electrons. The van der Waals surface area contributed by atoms with E-state index in [9.17, 15) is 14.7 Å². The summed E-state index contributed by atoms with van der Waals surface area (Å²) in [5, 5.41) is 9.34. The summed E-state index contributed by atoms with van der Waals surface area (Å²) in [5.41, 5.74) is 2.40. The molecule has 0 saturated carbocycles. The second-order valence-corrected chi connectivity index (χ2v) is 8.40. The van der Waals surface area contributed by atoms with Crippen LogP contribution in [0.2, 0.25) is 0 Å². The second-order valence-electron chi connectivity index (χ2n) is 8.40. The number of carboxylic acid groups (broad SMARTS) is 1. The maximum Gasteiger partial charge on any atom is 0.416 e. The van der Waals surface area contributed by atoms with E-state index < -0.39 is 18.6 Å². The number of carbonyl (C=O) groups excluding carboxylic acids is 1. The van der Waals surface area contributed by atoms with Gasteiger partial charge in [-0.3, -0.25) is 9.69 Å². The summed E-state index contributed by atoms with van der Waals surface area (Å²) in [6.45, 7) is 1.71. The molecule has 0 saturated heterocycles. The molecule has 0 aliphatic rings. The minimum absolute atomic E-state index is 0.0142. The number of carbonyl (C=O) groups is 2. The zero-order valence-corrected chi connectivity index (χ0v) is 21.1. The molecule has 4 aromatic rings. The molecule has 1 N–H and O–H groups in total. The largest absolute Gasteiger partial charge is 0.493 e. The van der Waals surface area contributed by atoms with Gasteiger partial charge in [0.25, 0.3) is 0 Å². The van der Waals surface area contributed by atoms with Gasteiger partial charge in [0, 0.05) is 18.5 Å². The van der Waals surface area contributed by atoms with E-state index in [4.69, 9.17) is 18.6 Å². The molecule has 9 heteroatoms. The minimum Gasteiger partial charge on any atom is -0.493 e. The van der Waals surface area contributed by atoms with Crippen LogP contribution in [0.1, 0.15) is 17.0 Å². The molecule has 0 fully saturated rings. The van der Waals surface area contributed by atoms with Crippen LogP contribution in [0, 0.1) is 6.92 Å². The standard InChI is InChI=1S/C29H28N2O7/c1-20-24(30-28(37-20)22-10-4-3-5-11-22)15-16-36-23-12-8-9-21(17-23)18-31(19-27(32)33)29(34)38-26-14-7-6-13-25(26)35-2/h3-14,17H,15-16,18-19H2,1-2H3,(H,32,33). The summed E-state index contributed by atoms with van der Waals surface area (Å²) in [4.78, 5) is 29.9. The Morgan fingerprint density at radius 3 is 2.45 bits per heavy atom. The summed E-state index contributed by atoms with van der Waals surface area (Å²) in [5.74, 6) is 1.29. The van der Waals surface area contributed by atoms with Crippen LogP contribution in [0.25, 0.3) is 11.5 Å². The lowest BCUT2D eigenvalue weighted by atomic mass is 10.2. The second kappa shape index (κ2) is 12.4. The van der Waals surface area contributed by atoms with E-state index >= 15 is 0 Å². The van der Waals surface area contributed by atoms with Crippen LogP contribution in [0.4, 0.5) is 4.79 Å². The van der Waals surface area contributed by atoms with E-state index in [1.807, 2.05) is 37.3 Å². The number of benzene rings is 3. The summed E-state index contributed by atoms with van der Waals surface area (Å²) >= 11 is 0. The molecule has 1 amide bonds. The van der Waals surface area contributed by atoms with E-state index in [0.29, 0.717) is 36.0 Å². The van der Waals surface area contributed by atoms with E-state index in [-0.39, 0.29) is 12.3 Å². The smallest absolute Gasteiger partial charge is 0.416 e. The summed E-state index contributed by atoms with van der Waals surface area (Å²) < 4.78 is 22.3. The highest BCUT2D eigenvalue weighted by Crippen LogP contribution is 2.27. The van der Waals surface area contributed by atoms with Crippen molar-refractivity contribution in [3.05, 3.63) is 95.9 Å². The number of aliphatic carboxylic acids is 1. The number of aryl methyl sites for hydroxylation is 1. The highest BCUT2D eigenvalue weighted by Gasteiger charge is 2.21. The fourth-order valence-corrected chi connectivity index (χ4v) is 3.79. The van der Waals surface area contributed by atoms with E-state index in [0.717, 1.165) is 21.9 Å². The molecule has 1 heterocycles. The first-order chi connectivity index (χ1) is 18.4. The maximum atomic E-state index is 12.8. The van der Waals surface area contributed by atoms with Crippen molar-refractivity contribution >= 4 is 12.1 Å². The van der Waals surface area contributed by atoms with Crippen LogP contribution >= 0.6 is 0 Å². The first-order valence-electron chi connectivity index (χ1n) is 12.0. The molecule has 0 spiro atoms. The molecular weight excluding hydrogens is 488 g/mol. The van der Waals surface area contributed by atoms with Crippen molar-refractivity contribution in [1.82, 2.24) is 9.88 Å². The minimum atomic E-state index is -1.16. The Balaban J connectivity index is 1.38. The van der Waals surface area contributed by atoms with E-state index in [1.54, 1.807) is 48.5 Å². The van der Waals surface area contributed by atoms with Gasteiger partial charge in [-0.05, 0) is 48.9 Å². The zero-order valence-electron chi connectivity index (χ0n) is 21.1. The van der Waals surface area contributed by atoms with Crippen molar-refractivity contribution in [2.75, 3.05) is 20.3 Å². The predicted molar refractivity (Wildman–Crippen MR) is 139 cm³/mol. The zero-order chi connectivity index (χ0) is 26.9. The number of para-hydroxylation sites is 2. The lowest BCUT2D eigenvalue weighted by molar-refractivity contribution is -0.138. The third-order valence-electron chi connectivity index (χ3n) is 5.64. The average Bonchev–Trinajstić information content (AvgIpc) is 3.29. The Kier molecular flexibility index (Phi) is 8.61. The number of hydrogen-bond donors (Lipinski definition) is 1. The van der Waals surface area contributed by atoms with E-state index in [2.05, 4.69) is 4.98 Å². The van der Waals surface area contributed by atoms with Crippen LogP contribution in [0.5, 0.6) is 17.2 Å². The lowest BCUT2D eigenvalue weighted by Crippen LogP contribution is -2.37. The van der Waals surface area contributed by atoms with Crippen molar-refractivity contribution in [2.45, 2.75) is 19.9 Å². The number of carboxylic acids is 1. The Morgan fingerprint density at radius 1 is 0.974 bits per heavy atom. The molecule has 38 heavy (non-hydrogen) atoms. The van der Waals surface area contributed by atoms with Crippen LogP contribution in [0.3, 0.4) is 0 Å². The Hall–Kier alpha value is -4.79. The molecule has 0 atom stereocenters. The Morgan fingerprint density at radius 2 is 1.71 bits per heavy atom. The number of hydrogen-bond acceptors (Lipinski definition) is 7. The Labute approximate surface area is 220 Å². The molecule has 0 unspecified atom stereocenters. The highest BCUT2D eigenvalue weighted by atomic mass is 16.6. The SMILES string of the molecule is COc1ccccc1OC(=O)N(CC(=O)O)Cc1cccc(OCCc2nc(-c3ccccc3)oc2C)c1. The molecule has 4 rings (SSSR count). The van der Waals surface area contributed by atoms with Gasteiger partial charge in [-0.1, -0.05) is 42.5 Å². The van der Waals surface area contributed by atoms with Gasteiger partial charge in [-0.25, -0.2) is 9.78 Å². The normalized spacial score (nSPS) is 10.6. The number of aromatic nitrogens is 1. The van der Waals surface area contributed by atoms with Crippen LogP contribution in [0.15, 0.2) is 83.3 Å². The molecule has 0 radical (unpaired) electrons. The number of oxazole rings is 1. The fraction of sp³-hybridized carbons (Fsp3) is 0.207. The van der Waals surface area contributed by atoms with Gasteiger partial charge in [0.05, 0.1) is 19.4 Å². The molecule has 0 aliphatic heterocycles. The van der Waals surface area contributed by atoms with E-state index in [1.165, 1.54) is 7.11 Å². The van der Waals surface area contributed by atoms with Crippen molar-refractivity contribution < 1.29 is 33.3 Å². The lowest BCUT2D eigenvalue weighted by Gasteiger charge is -2.21. The quantitative estimate of drug-likeness (QED) is 0.283. The molecule has 0 bridgehead atoms. The number of nitrogens with zero attached hydrogens (tertiary/aromatic N) is 2. The predicted octanol–water partition coefficient (Wildman–Crippen LogP) is 5.37. The van der Waals surface area contributed by atoms with Gasteiger partial charge in [-0.2, -0.15) is 0 Å². The van der Waals surface area contributed by atoms with Crippen LogP contribution in [-0.4, -0.2) is 47.3 Å². The highest BCUT2D eigenvalue weighted by molar-refractivity contribution is 5.78. The third kappa shape index (κ3) is 6.91. The summed E-state index contributed by atoms with van der Waals surface area (Å²) in [7, 11) is 1.46. The van der Waals surface area contributed by atoms with Gasteiger partial charge in [0.1, 0.15) is 18.1 Å². The van der Waals surface area contributed by atoms with Gasteiger partial charge in [-0.15, -0.1) is 0 Å². The topological polar surface area (TPSA) is 111 Å². The first-order valence-corrected chi connectivity index (χ1v) is 12.0. The number of ether oxygens (including phenoxy) is 3. The molecular formula is C29H28N2O7. The fourth-order valence-electron chi connectivity index (χ4n) is 3.79. The third-order valence-corrected chi connectivity index (χ3v) is 5.64. The van der Waals surface area contributed by atoms with Crippen molar-refractivity contribution in [3.8, 4) is 28.7 Å². The number of methoxy groups -OCH3 is 1. The van der Waals surface area contributed by atoms with Gasteiger partial charge >= 0.3 is 12.1 Å². The number of rotatable bonds is 11. The summed E-state index contributed by atoms with van der Waals surface area (Å²) in [6, 6.07) is 23.5. The number of amides is 1. The van der Waals surface area contributed by atoms with Gasteiger partial charge in [0.2, 0.25) is 5.89 Å². The molecule has 3 aromatic carbocycles. The average molecular weight is 517 g/mol. The van der Waals surface area contributed by atoms with Gasteiger partial charge < -0.3 is 23.7 Å². The molecule has 9 nitrogen and oxygen atoms in total. The first kappa shape index (κ1) is 26.3. The Bertz CT molecular complexity index is 1380. The van der Waals surface area contributed by atoms with Crippen LogP contribution < -0.4 is 14.2 Å². The molecule has 0 aliphatic carbocycles. The maximum absolute atomic E-state index is 12.8. The van der Waals surface area contributed by atoms with Crippen molar-refractivity contribution in [1.29, 1.82) is 0 Å². The van der Waals surface area contributed by atoms with Crippen LogP contribution in [-0.2, 0) is 17.8 Å². The monoisotopic (exact) mass is 516 g/mol. The summed E-state index contributed by atoms with van der Waals surface area (Å²) in [6.07, 6.45) is -0.262. The van der Waals surface area contributed by atoms with Crippen molar-refractivity contribution in [2.24, 2.45) is 0 Å². The van der Waals surface area contributed by atoms with Gasteiger partial charge in [0.15, 0.2) is 11.5 Å². The van der Waals surface area contributed by atoms with Crippen molar-refractivity contribution in [3.63, 3.8) is 0 Å².